The van der Waals surface area contributed by atoms with Crippen molar-refractivity contribution in [3.05, 3.63) is 71.6 Å². The second-order valence-corrected chi connectivity index (χ2v) is 8.56. The molecule has 0 radical (unpaired) electrons. The Morgan fingerprint density at radius 2 is 1.97 bits per heavy atom. The van der Waals surface area contributed by atoms with E-state index in [1.807, 2.05) is 17.2 Å². The van der Waals surface area contributed by atoms with Crippen LogP contribution in [0, 0.1) is 12.8 Å². The second-order valence-electron chi connectivity index (χ2n) is 8.56. The smallest absolute Gasteiger partial charge is 0.227 e. The molecule has 1 aromatic carbocycles. The molecule has 0 saturated carbocycles. The van der Waals surface area contributed by atoms with Gasteiger partial charge in [0.2, 0.25) is 5.91 Å². The van der Waals surface area contributed by atoms with Crippen molar-refractivity contribution in [1.82, 2.24) is 24.8 Å². The average molecular weight is 432 g/mol. The Morgan fingerprint density at radius 1 is 1.12 bits per heavy atom. The predicted octanol–water partition coefficient (Wildman–Crippen LogP) is 3.87. The zero-order chi connectivity index (χ0) is 22.5. The lowest BCUT2D eigenvalue weighted by Gasteiger charge is -2.24. The first-order valence-corrected chi connectivity index (χ1v) is 11.6. The van der Waals surface area contributed by atoms with Gasteiger partial charge in [-0.05, 0) is 37.5 Å². The molecule has 0 unspecified atom stereocenters. The molecule has 1 saturated heterocycles. The number of amides is 1. The van der Waals surface area contributed by atoms with Crippen LogP contribution < -0.4 is 0 Å². The number of nitrogens with one attached hydrogen (secondary N) is 1. The number of nitrogens with zero attached hydrogens (tertiary/aromatic N) is 4. The molecule has 3 aromatic rings. The number of aromatic nitrogens is 3. The van der Waals surface area contributed by atoms with Crippen LogP contribution in [0.25, 0.3) is 11.1 Å². The highest BCUT2D eigenvalue weighted by Crippen LogP contribution is 2.27. The van der Waals surface area contributed by atoms with Crippen LogP contribution in [0.4, 0.5) is 0 Å². The number of H-pyrrole nitrogens is 1. The first-order valence-electron chi connectivity index (χ1n) is 11.6. The summed E-state index contributed by atoms with van der Waals surface area (Å²) < 4.78 is 0. The van der Waals surface area contributed by atoms with Gasteiger partial charge in [-0.2, -0.15) is 0 Å². The number of carbonyl (C=O) groups excluding carboxylic acids is 1. The number of pyridine rings is 1. The van der Waals surface area contributed by atoms with Gasteiger partial charge in [0.05, 0.1) is 11.6 Å². The van der Waals surface area contributed by atoms with Crippen molar-refractivity contribution >= 4 is 5.91 Å². The summed E-state index contributed by atoms with van der Waals surface area (Å²) in [6.07, 6.45) is 5.30. The molecule has 6 heteroatoms. The van der Waals surface area contributed by atoms with E-state index in [1.165, 1.54) is 5.56 Å². The number of hydrogen-bond acceptors (Lipinski definition) is 4. The van der Waals surface area contributed by atoms with E-state index >= 15 is 0 Å². The highest BCUT2D eigenvalue weighted by Gasteiger charge is 2.30. The first-order chi connectivity index (χ1) is 15.6. The zero-order valence-electron chi connectivity index (χ0n) is 19.3. The molecule has 1 amide bonds. The predicted molar refractivity (Wildman–Crippen MR) is 127 cm³/mol. The van der Waals surface area contributed by atoms with E-state index < -0.39 is 0 Å². The third-order valence-corrected chi connectivity index (χ3v) is 6.41. The molecule has 0 bridgehead atoms. The standard InChI is InChI=1S/C26H33N5O/c1-4-25-28-19(3)24(29-25)18-30-13-14-31(5-2)26(32)22(17-30)15-20-9-6-7-11-23(20)21-10-8-12-27-16-21/h6-12,16,22H,4-5,13-15,17-18H2,1-3H3,(H,28,29)/t22-/m1/s1. The number of hydrogen-bond donors (Lipinski definition) is 1. The third kappa shape index (κ3) is 4.91. The lowest BCUT2D eigenvalue weighted by Crippen LogP contribution is -2.37. The van der Waals surface area contributed by atoms with Crippen LogP contribution in [0.15, 0.2) is 48.8 Å². The molecule has 2 aromatic heterocycles. The quantitative estimate of drug-likeness (QED) is 0.617. The van der Waals surface area contributed by atoms with E-state index in [1.54, 1.807) is 6.20 Å². The van der Waals surface area contributed by atoms with Crippen molar-refractivity contribution < 1.29 is 4.79 Å². The Labute approximate surface area is 190 Å². The molecule has 1 aliphatic rings. The van der Waals surface area contributed by atoms with E-state index in [4.69, 9.17) is 4.98 Å². The Kier molecular flexibility index (Phi) is 7.00. The number of rotatable bonds is 7. The van der Waals surface area contributed by atoms with E-state index in [2.05, 4.69) is 66.0 Å². The number of likely N-dealkylation sites (N-methyl/N-ethyl adjacent to an activating group) is 1. The fourth-order valence-electron chi connectivity index (χ4n) is 4.58. The van der Waals surface area contributed by atoms with Gasteiger partial charge in [-0.15, -0.1) is 0 Å². The van der Waals surface area contributed by atoms with Crippen molar-refractivity contribution in [2.24, 2.45) is 5.92 Å². The van der Waals surface area contributed by atoms with Crippen molar-refractivity contribution in [3.63, 3.8) is 0 Å². The number of imidazole rings is 1. The number of aromatic amines is 1. The topological polar surface area (TPSA) is 65.1 Å². The average Bonchev–Trinajstić information content (AvgIpc) is 3.11. The van der Waals surface area contributed by atoms with Crippen LogP contribution in [0.1, 0.15) is 36.6 Å². The summed E-state index contributed by atoms with van der Waals surface area (Å²) in [4.78, 5) is 30.3. The summed E-state index contributed by atoms with van der Waals surface area (Å²) in [6, 6.07) is 12.4. The first kappa shape index (κ1) is 22.2. The van der Waals surface area contributed by atoms with Gasteiger partial charge in [0.25, 0.3) is 0 Å². The number of benzene rings is 1. The molecule has 6 nitrogen and oxygen atoms in total. The van der Waals surface area contributed by atoms with E-state index in [0.29, 0.717) is 0 Å². The molecule has 1 aliphatic heterocycles. The van der Waals surface area contributed by atoms with Gasteiger partial charge in [-0.1, -0.05) is 37.3 Å². The van der Waals surface area contributed by atoms with Crippen LogP contribution in [0.3, 0.4) is 0 Å². The molecule has 168 valence electrons. The molecule has 0 spiro atoms. The molecule has 4 rings (SSSR count). The second kappa shape index (κ2) is 10.1. The highest BCUT2D eigenvalue weighted by atomic mass is 16.2. The fraction of sp³-hybridized carbons (Fsp3) is 0.423. The van der Waals surface area contributed by atoms with Gasteiger partial charge in [0.1, 0.15) is 5.82 Å². The maximum absolute atomic E-state index is 13.4. The van der Waals surface area contributed by atoms with Gasteiger partial charge >= 0.3 is 0 Å². The highest BCUT2D eigenvalue weighted by molar-refractivity contribution is 5.80. The minimum Gasteiger partial charge on any atom is -0.346 e. The minimum atomic E-state index is -0.0832. The van der Waals surface area contributed by atoms with Crippen LogP contribution in [0.5, 0.6) is 0 Å². The zero-order valence-corrected chi connectivity index (χ0v) is 19.3. The summed E-state index contributed by atoms with van der Waals surface area (Å²) in [5.41, 5.74) is 5.66. The normalized spacial score (nSPS) is 17.5. The third-order valence-electron chi connectivity index (χ3n) is 6.41. The molecule has 1 fully saturated rings. The molecular weight excluding hydrogens is 398 g/mol. The molecular formula is C26H33N5O. The lowest BCUT2D eigenvalue weighted by molar-refractivity contribution is -0.134. The van der Waals surface area contributed by atoms with E-state index in [-0.39, 0.29) is 11.8 Å². The van der Waals surface area contributed by atoms with Gasteiger partial charge in [0, 0.05) is 62.8 Å². The Morgan fingerprint density at radius 3 is 2.69 bits per heavy atom. The molecule has 32 heavy (non-hydrogen) atoms. The Bertz CT molecular complexity index is 1050. The maximum atomic E-state index is 13.4. The van der Waals surface area contributed by atoms with Gasteiger partial charge < -0.3 is 9.88 Å². The largest absolute Gasteiger partial charge is 0.346 e. The Hall–Kier alpha value is -2.99. The van der Waals surface area contributed by atoms with Gasteiger partial charge in [-0.3, -0.25) is 14.7 Å². The van der Waals surface area contributed by atoms with Crippen LogP contribution in [-0.2, 0) is 24.2 Å². The van der Waals surface area contributed by atoms with Crippen LogP contribution in [0.2, 0.25) is 0 Å². The summed E-state index contributed by atoms with van der Waals surface area (Å²) in [7, 11) is 0. The summed E-state index contributed by atoms with van der Waals surface area (Å²) in [5.74, 6) is 1.20. The number of aryl methyl sites for hydroxylation is 2. The SMILES string of the molecule is CCc1nc(CN2CCN(CC)C(=O)[C@H](Cc3ccccc3-c3cccnc3)C2)c(C)[nH]1. The maximum Gasteiger partial charge on any atom is 0.227 e. The molecule has 1 atom stereocenters. The van der Waals surface area contributed by atoms with Crippen LogP contribution in [-0.4, -0.2) is 56.8 Å². The lowest BCUT2D eigenvalue weighted by atomic mass is 9.91. The van der Waals surface area contributed by atoms with Crippen LogP contribution >= 0.6 is 0 Å². The number of carbonyl (C=O) groups is 1. The summed E-state index contributed by atoms with van der Waals surface area (Å²) in [5, 5.41) is 0. The summed E-state index contributed by atoms with van der Waals surface area (Å²) >= 11 is 0. The monoisotopic (exact) mass is 431 g/mol. The van der Waals surface area contributed by atoms with Gasteiger partial charge in [0.15, 0.2) is 0 Å². The van der Waals surface area contributed by atoms with Crippen molar-refractivity contribution in [3.8, 4) is 11.1 Å². The molecule has 3 heterocycles. The van der Waals surface area contributed by atoms with E-state index in [0.717, 1.165) is 73.9 Å². The van der Waals surface area contributed by atoms with Crippen molar-refractivity contribution in [2.75, 3.05) is 26.2 Å². The van der Waals surface area contributed by atoms with Gasteiger partial charge in [-0.25, -0.2) is 4.98 Å². The van der Waals surface area contributed by atoms with Crippen molar-refractivity contribution in [2.45, 2.75) is 40.2 Å². The van der Waals surface area contributed by atoms with E-state index in [9.17, 15) is 4.79 Å². The van der Waals surface area contributed by atoms with Crippen molar-refractivity contribution in [1.29, 1.82) is 0 Å². The molecule has 0 aliphatic carbocycles. The molecule has 1 N–H and O–H groups in total. The fourth-order valence-corrected chi connectivity index (χ4v) is 4.58. The Balaban J connectivity index is 1.58. The summed E-state index contributed by atoms with van der Waals surface area (Å²) in [6.45, 7) is 10.2. The minimum absolute atomic E-state index is 0.0832.